The van der Waals surface area contributed by atoms with Gasteiger partial charge >= 0.3 is 0 Å². The molecule has 4 heteroatoms. The van der Waals surface area contributed by atoms with Crippen molar-refractivity contribution in [2.45, 2.75) is 18.6 Å². The Kier molecular flexibility index (Phi) is 4.29. The Balaban J connectivity index is 2.28. The molecule has 0 amide bonds. The van der Waals surface area contributed by atoms with E-state index in [4.69, 9.17) is 5.73 Å². The van der Waals surface area contributed by atoms with Gasteiger partial charge in [-0.05, 0) is 24.6 Å². The fourth-order valence-electron chi connectivity index (χ4n) is 2.29. The van der Waals surface area contributed by atoms with Crippen molar-refractivity contribution >= 4 is 17.4 Å². The number of hydrogen-bond donors (Lipinski definition) is 1. The zero-order chi connectivity index (χ0) is 12.3. The van der Waals surface area contributed by atoms with E-state index in [1.54, 1.807) is 12.1 Å². The van der Waals surface area contributed by atoms with Crippen LogP contribution in [-0.4, -0.2) is 30.6 Å². The van der Waals surface area contributed by atoms with Crippen LogP contribution in [0.3, 0.4) is 0 Å². The van der Waals surface area contributed by atoms with Crippen molar-refractivity contribution in [2.75, 3.05) is 30.3 Å². The van der Waals surface area contributed by atoms with E-state index in [9.17, 15) is 4.39 Å². The number of rotatable bonds is 3. The van der Waals surface area contributed by atoms with Gasteiger partial charge in [0, 0.05) is 24.1 Å². The molecule has 0 saturated carbocycles. The van der Waals surface area contributed by atoms with Gasteiger partial charge in [0.05, 0.1) is 5.69 Å². The van der Waals surface area contributed by atoms with Crippen LogP contribution in [0.5, 0.6) is 0 Å². The van der Waals surface area contributed by atoms with E-state index in [1.807, 2.05) is 17.8 Å². The number of halogens is 1. The number of anilines is 1. The first kappa shape index (κ1) is 12.7. The van der Waals surface area contributed by atoms with Crippen LogP contribution in [0, 0.1) is 5.82 Å². The molecule has 1 saturated heterocycles. The summed E-state index contributed by atoms with van der Waals surface area (Å²) in [4.78, 5) is 2.17. The van der Waals surface area contributed by atoms with Crippen LogP contribution in [0.2, 0.25) is 0 Å². The smallest absolute Gasteiger partial charge is 0.146 e. The van der Waals surface area contributed by atoms with Crippen LogP contribution in [0.1, 0.15) is 12.5 Å². The van der Waals surface area contributed by atoms with Crippen molar-refractivity contribution in [3.8, 4) is 0 Å². The van der Waals surface area contributed by atoms with Gasteiger partial charge in [0.15, 0.2) is 0 Å². The lowest BCUT2D eigenvalue weighted by Gasteiger charge is -2.34. The minimum atomic E-state index is -0.116. The molecule has 1 unspecified atom stereocenters. The number of para-hydroxylation sites is 1. The topological polar surface area (TPSA) is 29.3 Å². The summed E-state index contributed by atoms with van der Waals surface area (Å²) in [5.41, 5.74) is 7.39. The molecule has 1 aromatic rings. The Morgan fingerprint density at radius 1 is 1.53 bits per heavy atom. The van der Waals surface area contributed by atoms with Gasteiger partial charge in [-0.1, -0.05) is 19.1 Å². The Bertz CT molecular complexity index is 384. The summed E-state index contributed by atoms with van der Waals surface area (Å²) in [6.45, 7) is 4.60. The van der Waals surface area contributed by atoms with Crippen LogP contribution in [0.4, 0.5) is 10.1 Å². The quantitative estimate of drug-likeness (QED) is 0.897. The Morgan fingerprint density at radius 3 is 3.06 bits per heavy atom. The molecule has 1 heterocycles. The van der Waals surface area contributed by atoms with Crippen molar-refractivity contribution in [1.82, 2.24) is 0 Å². The third-order valence-corrected chi connectivity index (χ3v) is 4.18. The fourth-order valence-corrected chi connectivity index (χ4v) is 3.31. The van der Waals surface area contributed by atoms with Gasteiger partial charge in [0.2, 0.25) is 0 Å². The number of nitrogens with zero attached hydrogens (tertiary/aromatic N) is 1. The number of benzene rings is 1. The third-order valence-electron chi connectivity index (χ3n) is 3.04. The van der Waals surface area contributed by atoms with Crippen LogP contribution in [0.15, 0.2) is 18.2 Å². The number of thioether (sulfide) groups is 1. The molecule has 1 aliphatic heterocycles. The molecule has 1 aliphatic rings. The summed E-state index contributed by atoms with van der Waals surface area (Å²) < 4.78 is 14.0. The molecule has 0 spiro atoms. The summed E-state index contributed by atoms with van der Waals surface area (Å²) >= 11 is 1.95. The standard InChI is InChI=1S/C13H19FN2S/c1-10-9-16(7-8-17-10)13-11(5-6-15)3-2-4-12(13)14/h2-4,10H,5-9,15H2,1H3. The molecule has 1 fully saturated rings. The lowest BCUT2D eigenvalue weighted by Crippen LogP contribution is -2.37. The fraction of sp³-hybridized carbons (Fsp3) is 0.538. The minimum absolute atomic E-state index is 0.116. The first-order valence-electron chi connectivity index (χ1n) is 6.06. The van der Waals surface area contributed by atoms with E-state index in [0.29, 0.717) is 11.8 Å². The molecule has 1 atom stereocenters. The van der Waals surface area contributed by atoms with E-state index >= 15 is 0 Å². The van der Waals surface area contributed by atoms with Crippen LogP contribution in [-0.2, 0) is 6.42 Å². The van der Waals surface area contributed by atoms with E-state index in [2.05, 4.69) is 11.8 Å². The maximum Gasteiger partial charge on any atom is 0.146 e. The van der Waals surface area contributed by atoms with Crippen LogP contribution >= 0.6 is 11.8 Å². The highest BCUT2D eigenvalue weighted by atomic mass is 32.2. The maximum absolute atomic E-state index is 14.0. The lowest BCUT2D eigenvalue weighted by molar-refractivity contribution is 0.613. The van der Waals surface area contributed by atoms with Crippen molar-refractivity contribution in [1.29, 1.82) is 0 Å². The van der Waals surface area contributed by atoms with Crippen molar-refractivity contribution in [2.24, 2.45) is 5.73 Å². The minimum Gasteiger partial charge on any atom is -0.367 e. The predicted octanol–water partition coefficient (Wildman–Crippen LogP) is 2.27. The van der Waals surface area contributed by atoms with Crippen molar-refractivity contribution in [3.05, 3.63) is 29.6 Å². The average molecular weight is 254 g/mol. The summed E-state index contributed by atoms with van der Waals surface area (Å²) in [5, 5.41) is 0.564. The van der Waals surface area contributed by atoms with Crippen molar-refractivity contribution < 1.29 is 4.39 Å². The lowest BCUT2D eigenvalue weighted by atomic mass is 10.1. The summed E-state index contributed by atoms with van der Waals surface area (Å²) in [6.07, 6.45) is 0.741. The predicted molar refractivity (Wildman–Crippen MR) is 73.3 cm³/mol. The molecule has 0 aromatic heterocycles. The average Bonchev–Trinajstić information content (AvgIpc) is 2.29. The second-order valence-electron chi connectivity index (χ2n) is 4.41. The first-order valence-corrected chi connectivity index (χ1v) is 7.11. The van der Waals surface area contributed by atoms with Gasteiger partial charge in [-0.25, -0.2) is 4.39 Å². The maximum atomic E-state index is 14.0. The largest absolute Gasteiger partial charge is 0.367 e. The Hall–Kier alpha value is -0.740. The zero-order valence-electron chi connectivity index (χ0n) is 10.2. The summed E-state index contributed by atoms with van der Waals surface area (Å²) in [6, 6.07) is 5.30. The number of hydrogen-bond acceptors (Lipinski definition) is 3. The Labute approximate surface area is 106 Å². The van der Waals surface area contributed by atoms with Gasteiger partial charge < -0.3 is 10.6 Å². The van der Waals surface area contributed by atoms with E-state index in [-0.39, 0.29) is 5.82 Å². The summed E-state index contributed by atoms with van der Waals surface area (Å²) in [7, 11) is 0. The highest BCUT2D eigenvalue weighted by Crippen LogP contribution is 2.29. The van der Waals surface area contributed by atoms with Gasteiger partial charge in [0.25, 0.3) is 0 Å². The van der Waals surface area contributed by atoms with Crippen molar-refractivity contribution in [3.63, 3.8) is 0 Å². The van der Waals surface area contributed by atoms with E-state index in [0.717, 1.165) is 36.5 Å². The van der Waals surface area contributed by atoms with Crippen LogP contribution < -0.4 is 10.6 Å². The molecular formula is C13H19FN2S. The SMILES string of the molecule is CC1CN(c2c(F)cccc2CCN)CCS1. The molecule has 2 N–H and O–H groups in total. The van der Waals surface area contributed by atoms with Gasteiger partial charge in [0.1, 0.15) is 5.82 Å². The third kappa shape index (κ3) is 2.93. The van der Waals surface area contributed by atoms with Gasteiger partial charge in [-0.15, -0.1) is 0 Å². The molecule has 0 bridgehead atoms. The molecule has 2 nitrogen and oxygen atoms in total. The molecule has 94 valence electrons. The van der Waals surface area contributed by atoms with Gasteiger partial charge in [-0.2, -0.15) is 11.8 Å². The first-order chi connectivity index (χ1) is 8.22. The second kappa shape index (κ2) is 5.74. The van der Waals surface area contributed by atoms with E-state index in [1.165, 1.54) is 0 Å². The monoisotopic (exact) mass is 254 g/mol. The van der Waals surface area contributed by atoms with Crippen LogP contribution in [0.25, 0.3) is 0 Å². The van der Waals surface area contributed by atoms with Gasteiger partial charge in [-0.3, -0.25) is 0 Å². The second-order valence-corrected chi connectivity index (χ2v) is 5.96. The molecule has 1 aromatic carbocycles. The zero-order valence-corrected chi connectivity index (χ0v) is 11.0. The molecule has 0 aliphatic carbocycles. The number of nitrogens with two attached hydrogens (primary N) is 1. The molecule has 17 heavy (non-hydrogen) atoms. The summed E-state index contributed by atoms with van der Waals surface area (Å²) in [5.74, 6) is 0.951. The molecular weight excluding hydrogens is 235 g/mol. The normalized spacial score (nSPS) is 20.6. The Morgan fingerprint density at radius 2 is 2.35 bits per heavy atom. The van der Waals surface area contributed by atoms with E-state index < -0.39 is 0 Å². The molecule has 2 rings (SSSR count). The molecule has 0 radical (unpaired) electrons. The highest BCUT2D eigenvalue weighted by Gasteiger charge is 2.21. The highest BCUT2D eigenvalue weighted by molar-refractivity contribution is 8.00.